The zero-order valence-corrected chi connectivity index (χ0v) is 12.7. The van der Waals surface area contributed by atoms with Crippen LogP contribution in [0.25, 0.3) is 0 Å². The molecular weight excluding hydrogens is 294 g/mol. The van der Waals surface area contributed by atoms with E-state index < -0.39 is 10.0 Å². The molecule has 20 heavy (non-hydrogen) atoms. The first-order valence-corrected chi connectivity index (χ1v) is 9.25. The van der Waals surface area contributed by atoms with Crippen LogP contribution in [0.5, 0.6) is 0 Å². The van der Waals surface area contributed by atoms with Gasteiger partial charge in [-0.2, -0.15) is 5.26 Å². The second kappa shape index (κ2) is 5.35. The molecule has 1 aliphatic carbocycles. The summed E-state index contributed by atoms with van der Waals surface area (Å²) in [6.07, 6.45) is 4.19. The van der Waals surface area contributed by atoms with Gasteiger partial charge in [-0.1, -0.05) is 12.8 Å². The lowest BCUT2D eigenvalue weighted by atomic mass is 10.1. The maximum Gasteiger partial charge on any atom is 0.236 e. The van der Waals surface area contributed by atoms with E-state index in [9.17, 15) is 13.7 Å². The van der Waals surface area contributed by atoms with E-state index in [0.29, 0.717) is 10.6 Å². The van der Waals surface area contributed by atoms with E-state index in [0.717, 1.165) is 55.6 Å². The number of nitrogens with zero attached hydrogens (tertiary/aromatic N) is 1. The number of thiophene rings is 1. The largest absolute Gasteiger partial charge is 0.312 e. The van der Waals surface area contributed by atoms with E-state index in [4.69, 9.17) is 0 Å². The molecular formula is C13H17N3O2S2. The van der Waals surface area contributed by atoms with E-state index in [-0.39, 0.29) is 5.25 Å². The lowest BCUT2D eigenvalue weighted by Crippen LogP contribution is -2.25. The van der Waals surface area contributed by atoms with E-state index in [1.165, 1.54) is 11.3 Å². The molecule has 1 fully saturated rings. The van der Waals surface area contributed by atoms with Crippen molar-refractivity contribution in [3.63, 3.8) is 0 Å². The Labute approximate surface area is 123 Å². The molecule has 0 radical (unpaired) electrons. The molecule has 7 heteroatoms. The van der Waals surface area contributed by atoms with Crippen molar-refractivity contribution in [3.05, 3.63) is 16.0 Å². The Bertz CT molecular complexity index is 652. The number of nitrogens with one attached hydrogen (secondary N) is 2. The highest BCUT2D eigenvalue weighted by atomic mass is 32.2. The fourth-order valence-corrected chi connectivity index (χ4v) is 5.95. The number of fused-ring (bicyclic) bond motifs is 1. The highest BCUT2D eigenvalue weighted by molar-refractivity contribution is 7.93. The van der Waals surface area contributed by atoms with Gasteiger partial charge in [-0.15, -0.1) is 11.3 Å². The molecule has 2 heterocycles. The summed E-state index contributed by atoms with van der Waals surface area (Å²) in [6, 6.07) is 2.17. The first-order chi connectivity index (χ1) is 9.62. The predicted molar refractivity (Wildman–Crippen MR) is 79.2 cm³/mol. The molecule has 108 valence electrons. The number of nitriles is 1. The molecule has 1 aromatic rings. The highest BCUT2D eigenvalue weighted by Crippen LogP contribution is 2.36. The van der Waals surface area contributed by atoms with Gasteiger partial charge in [0.15, 0.2) is 0 Å². The molecule has 0 saturated heterocycles. The fraction of sp³-hybridized carbons (Fsp3) is 0.615. The van der Waals surface area contributed by atoms with Gasteiger partial charge >= 0.3 is 0 Å². The smallest absolute Gasteiger partial charge is 0.236 e. The molecule has 0 amide bonds. The van der Waals surface area contributed by atoms with Gasteiger partial charge in [0, 0.05) is 11.4 Å². The summed E-state index contributed by atoms with van der Waals surface area (Å²) in [4.78, 5) is 1.08. The zero-order valence-electron chi connectivity index (χ0n) is 11.1. The van der Waals surface area contributed by atoms with Crippen molar-refractivity contribution in [2.75, 3.05) is 11.3 Å². The summed E-state index contributed by atoms with van der Waals surface area (Å²) in [5, 5.41) is 12.8. The molecule has 5 nitrogen and oxygen atoms in total. The topological polar surface area (TPSA) is 82.0 Å². The van der Waals surface area contributed by atoms with Gasteiger partial charge in [0.25, 0.3) is 0 Å². The minimum atomic E-state index is -3.36. The summed E-state index contributed by atoms with van der Waals surface area (Å²) in [6.45, 7) is 1.56. The van der Waals surface area contributed by atoms with E-state index in [1.54, 1.807) is 0 Å². The summed E-state index contributed by atoms with van der Waals surface area (Å²) >= 11 is 1.40. The van der Waals surface area contributed by atoms with Gasteiger partial charge in [0.2, 0.25) is 10.0 Å². The third-order valence-corrected chi connectivity index (χ3v) is 7.13. The van der Waals surface area contributed by atoms with Crippen molar-refractivity contribution in [2.24, 2.45) is 0 Å². The van der Waals surface area contributed by atoms with Crippen LogP contribution in [-0.2, 0) is 23.0 Å². The van der Waals surface area contributed by atoms with Gasteiger partial charge in [0.05, 0.1) is 10.8 Å². The van der Waals surface area contributed by atoms with Crippen molar-refractivity contribution in [1.29, 1.82) is 5.26 Å². The van der Waals surface area contributed by atoms with Crippen LogP contribution in [0.4, 0.5) is 5.00 Å². The van der Waals surface area contributed by atoms with Crippen molar-refractivity contribution in [3.8, 4) is 6.07 Å². The molecule has 2 N–H and O–H groups in total. The number of sulfonamides is 1. The standard InChI is InChI=1S/C13H17N3O2S2/c14-7-11-10-5-6-15-8-12(10)19-13(11)16-20(17,18)9-3-1-2-4-9/h9,15-16H,1-6,8H2. The Hall–Kier alpha value is -1.10. The first-order valence-electron chi connectivity index (χ1n) is 6.89. The molecule has 1 saturated carbocycles. The normalized spacial score (nSPS) is 19.6. The number of anilines is 1. The highest BCUT2D eigenvalue weighted by Gasteiger charge is 2.31. The lowest BCUT2D eigenvalue weighted by Gasteiger charge is -2.12. The number of rotatable bonds is 3. The Morgan fingerprint density at radius 2 is 2.10 bits per heavy atom. The van der Waals surface area contributed by atoms with Gasteiger partial charge in [-0.25, -0.2) is 8.42 Å². The lowest BCUT2D eigenvalue weighted by molar-refractivity contribution is 0.585. The molecule has 1 aliphatic heterocycles. The Morgan fingerprint density at radius 3 is 2.80 bits per heavy atom. The van der Waals surface area contributed by atoms with E-state index in [1.807, 2.05) is 0 Å². The summed E-state index contributed by atoms with van der Waals surface area (Å²) in [5.41, 5.74) is 1.54. The summed E-state index contributed by atoms with van der Waals surface area (Å²) in [7, 11) is -3.36. The second-order valence-electron chi connectivity index (χ2n) is 5.30. The predicted octanol–water partition coefficient (Wildman–Crippen LogP) is 1.95. The summed E-state index contributed by atoms with van der Waals surface area (Å²) in [5.74, 6) is 0. The van der Waals surface area contributed by atoms with Crippen LogP contribution < -0.4 is 10.0 Å². The average Bonchev–Trinajstić information content (AvgIpc) is 3.05. The van der Waals surface area contributed by atoms with Crippen molar-refractivity contribution >= 4 is 26.4 Å². The maximum atomic E-state index is 12.4. The quantitative estimate of drug-likeness (QED) is 0.894. The summed E-state index contributed by atoms with van der Waals surface area (Å²) < 4.78 is 27.4. The van der Waals surface area contributed by atoms with Crippen LogP contribution >= 0.6 is 11.3 Å². The Balaban J connectivity index is 1.91. The Morgan fingerprint density at radius 1 is 1.35 bits per heavy atom. The maximum absolute atomic E-state index is 12.4. The average molecular weight is 311 g/mol. The third-order valence-electron chi connectivity index (χ3n) is 4.02. The van der Waals surface area contributed by atoms with Gasteiger partial charge in [0.1, 0.15) is 11.1 Å². The van der Waals surface area contributed by atoms with Crippen LogP contribution in [0.3, 0.4) is 0 Å². The van der Waals surface area contributed by atoms with Crippen LogP contribution in [0.2, 0.25) is 0 Å². The van der Waals surface area contributed by atoms with Gasteiger partial charge in [-0.05, 0) is 31.4 Å². The van der Waals surface area contributed by atoms with E-state index >= 15 is 0 Å². The van der Waals surface area contributed by atoms with Crippen molar-refractivity contribution in [1.82, 2.24) is 5.32 Å². The van der Waals surface area contributed by atoms with Crippen LogP contribution in [0, 0.1) is 11.3 Å². The monoisotopic (exact) mass is 311 g/mol. The van der Waals surface area contributed by atoms with Crippen LogP contribution in [0.15, 0.2) is 0 Å². The van der Waals surface area contributed by atoms with Crippen molar-refractivity contribution in [2.45, 2.75) is 43.9 Å². The molecule has 0 aromatic carbocycles. The van der Waals surface area contributed by atoms with Gasteiger partial charge < -0.3 is 5.32 Å². The molecule has 2 aliphatic rings. The van der Waals surface area contributed by atoms with Gasteiger partial charge in [-0.3, -0.25) is 4.72 Å². The Kier molecular flexibility index (Phi) is 3.71. The molecule has 0 atom stereocenters. The molecule has 0 unspecified atom stereocenters. The van der Waals surface area contributed by atoms with Crippen molar-refractivity contribution < 1.29 is 8.42 Å². The molecule has 1 aromatic heterocycles. The minimum absolute atomic E-state index is 0.300. The number of hydrogen-bond donors (Lipinski definition) is 2. The minimum Gasteiger partial charge on any atom is -0.312 e. The second-order valence-corrected chi connectivity index (χ2v) is 8.37. The number of hydrogen-bond acceptors (Lipinski definition) is 5. The molecule has 3 rings (SSSR count). The molecule has 0 bridgehead atoms. The fourth-order valence-electron chi connectivity index (χ4n) is 2.94. The first kappa shape index (κ1) is 13.9. The molecule has 0 spiro atoms. The SMILES string of the molecule is N#Cc1c(NS(=O)(=O)C2CCCC2)sc2c1CCNC2. The third kappa shape index (κ3) is 2.43. The zero-order chi connectivity index (χ0) is 14.2. The van der Waals surface area contributed by atoms with Crippen LogP contribution in [-0.4, -0.2) is 20.2 Å². The van der Waals surface area contributed by atoms with E-state index in [2.05, 4.69) is 16.1 Å². The van der Waals surface area contributed by atoms with Crippen LogP contribution in [0.1, 0.15) is 41.7 Å².